The molecule has 0 radical (unpaired) electrons. The summed E-state index contributed by atoms with van der Waals surface area (Å²) in [6, 6.07) is 8.02. The van der Waals surface area contributed by atoms with Gasteiger partial charge >= 0.3 is 0 Å². The molecule has 20 heavy (non-hydrogen) atoms. The third-order valence-electron chi connectivity index (χ3n) is 3.01. The molecular weight excluding hydrogens is 250 g/mol. The number of nitrogens with two attached hydrogens (primary N) is 1. The first-order chi connectivity index (χ1) is 9.47. The fraction of sp³-hybridized carbons (Fsp3) is 0.438. The molecule has 0 atom stereocenters. The number of nitrogens with zero attached hydrogens (tertiary/aromatic N) is 1. The van der Waals surface area contributed by atoms with Crippen LogP contribution in [0.25, 0.3) is 11.3 Å². The first-order valence-electron chi connectivity index (χ1n) is 7.07. The minimum Gasteiger partial charge on any atom is -0.491 e. The second kappa shape index (κ2) is 5.99. The Morgan fingerprint density at radius 1 is 1.25 bits per heavy atom. The fourth-order valence-corrected chi connectivity index (χ4v) is 2.23. The molecule has 0 saturated carbocycles. The van der Waals surface area contributed by atoms with E-state index in [1.54, 1.807) is 0 Å². The van der Waals surface area contributed by atoms with Crippen molar-refractivity contribution in [2.45, 2.75) is 40.2 Å². The van der Waals surface area contributed by atoms with Crippen molar-refractivity contribution in [3.63, 3.8) is 0 Å². The van der Waals surface area contributed by atoms with E-state index in [1.807, 2.05) is 38.1 Å². The summed E-state index contributed by atoms with van der Waals surface area (Å²) < 4.78 is 5.74. The van der Waals surface area contributed by atoms with Crippen LogP contribution in [-0.2, 0) is 6.42 Å². The molecule has 0 aliphatic carbocycles. The molecule has 2 aromatic rings. The lowest BCUT2D eigenvalue weighted by molar-refractivity contribution is 0.242. The molecule has 0 bridgehead atoms. The van der Waals surface area contributed by atoms with Crippen molar-refractivity contribution in [1.29, 1.82) is 0 Å². The number of benzene rings is 1. The number of rotatable bonds is 5. The van der Waals surface area contributed by atoms with Crippen molar-refractivity contribution < 1.29 is 4.74 Å². The number of ether oxygens (including phenoxy) is 1. The van der Waals surface area contributed by atoms with E-state index in [1.165, 1.54) is 0 Å². The highest BCUT2D eigenvalue weighted by Gasteiger charge is 2.14. The zero-order valence-electron chi connectivity index (χ0n) is 12.6. The number of anilines is 1. The van der Waals surface area contributed by atoms with Crippen LogP contribution in [0, 0.1) is 5.92 Å². The van der Waals surface area contributed by atoms with Gasteiger partial charge in [-0.3, -0.25) is 5.10 Å². The predicted molar refractivity (Wildman–Crippen MR) is 82.7 cm³/mol. The zero-order chi connectivity index (χ0) is 14.7. The Balaban J connectivity index is 2.36. The van der Waals surface area contributed by atoms with Gasteiger partial charge in [-0.2, -0.15) is 5.10 Å². The standard InChI is InChI=1S/C16H23N3O/c1-10(2)8-14-15(18-19-16(14)17)12-6-5-7-13(9-12)20-11(3)4/h5-7,9-11H,8H2,1-4H3,(H3,17,18,19). The van der Waals surface area contributed by atoms with E-state index in [0.29, 0.717) is 11.7 Å². The number of nitrogens with one attached hydrogen (secondary N) is 1. The first-order valence-corrected chi connectivity index (χ1v) is 7.07. The second-order valence-electron chi connectivity index (χ2n) is 5.75. The maximum Gasteiger partial charge on any atom is 0.149 e. The molecule has 1 heterocycles. The molecule has 0 aliphatic heterocycles. The lowest BCUT2D eigenvalue weighted by Gasteiger charge is -2.11. The molecule has 3 N–H and O–H groups in total. The van der Waals surface area contributed by atoms with Gasteiger partial charge in [0.05, 0.1) is 11.8 Å². The van der Waals surface area contributed by atoms with Gasteiger partial charge in [-0.15, -0.1) is 0 Å². The predicted octanol–water partition coefficient (Wildman–Crippen LogP) is 3.64. The van der Waals surface area contributed by atoms with Gasteiger partial charge in [0.2, 0.25) is 0 Å². The molecule has 1 aromatic carbocycles. The highest BCUT2D eigenvalue weighted by molar-refractivity contribution is 5.69. The van der Waals surface area contributed by atoms with Gasteiger partial charge < -0.3 is 10.5 Å². The van der Waals surface area contributed by atoms with Crippen LogP contribution in [0.1, 0.15) is 33.3 Å². The summed E-state index contributed by atoms with van der Waals surface area (Å²) in [6.45, 7) is 8.39. The van der Waals surface area contributed by atoms with Gasteiger partial charge in [-0.1, -0.05) is 26.0 Å². The lowest BCUT2D eigenvalue weighted by Crippen LogP contribution is -2.05. The van der Waals surface area contributed by atoms with E-state index in [0.717, 1.165) is 29.0 Å². The Morgan fingerprint density at radius 3 is 2.65 bits per heavy atom. The van der Waals surface area contributed by atoms with Gasteiger partial charge in [0.15, 0.2) is 0 Å². The average molecular weight is 273 g/mol. The van der Waals surface area contributed by atoms with Crippen LogP contribution in [0.15, 0.2) is 24.3 Å². The monoisotopic (exact) mass is 273 g/mol. The Kier molecular flexibility index (Phi) is 4.32. The average Bonchev–Trinajstić information content (AvgIpc) is 2.70. The van der Waals surface area contributed by atoms with Crippen molar-refractivity contribution in [3.8, 4) is 17.0 Å². The highest BCUT2D eigenvalue weighted by atomic mass is 16.5. The van der Waals surface area contributed by atoms with E-state index in [4.69, 9.17) is 10.5 Å². The third kappa shape index (κ3) is 3.32. The Bertz CT molecular complexity index is 573. The third-order valence-corrected chi connectivity index (χ3v) is 3.01. The molecule has 4 nitrogen and oxygen atoms in total. The Labute approximate surface area is 120 Å². The molecule has 0 unspecified atom stereocenters. The van der Waals surface area contributed by atoms with Crippen LogP contribution in [-0.4, -0.2) is 16.3 Å². The van der Waals surface area contributed by atoms with Gasteiger partial charge in [0, 0.05) is 11.1 Å². The first kappa shape index (κ1) is 14.4. The number of aromatic amines is 1. The molecule has 4 heteroatoms. The van der Waals surface area contributed by atoms with Gasteiger partial charge in [0.25, 0.3) is 0 Å². The minimum atomic E-state index is 0.159. The Hall–Kier alpha value is -1.97. The molecule has 1 aromatic heterocycles. The van der Waals surface area contributed by atoms with E-state index in [2.05, 4.69) is 24.0 Å². The van der Waals surface area contributed by atoms with Crippen molar-refractivity contribution in [2.75, 3.05) is 5.73 Å². The molecule has 0 spiro atoms. The van der Waals surface area contributed by atoms with E-state index >= 15 is 0 Å². The van der Waals surface area contributed by atoms with Crippen molar-refractivity contribution >= 4 is 5.82 Å². The smallest absolute Gasteiger partial charge is 0.149 e. The van der Waals surface area contributed by atoms with Crippen LogP contribution in [0.5, 0.6) is 5.75 Å². The van der Waals surface area contributed by atoms with E-state index < -0.39 is 0 Å². The SMILES string of the molecule is CC(C)Cc1c(N)n[nH]c1-c1cccc(OC(C)C)c1. The summed E-state index contributed by atoms with van der Waals surface area (Å²) in [5.74, 6) is 1.98. The number of hydrogen-bond donors (Lipinski definition) is 2. The summed E-state index contributed by atoms with van der Waals surface area (Å²) in [5.41, 5.74) is 9.11. The van der Waals surface area contributed by atoms with Crippen LogP contribution >= 0.6 is 0 Å². The number of nitrogen functional groups attached to an aromatic ring is 1. The van der Waals surface area contributed by atoms with E-state index in [-0.39, 0.29) is 6.10 Å². The molecule has 108 valence electrons. The second-order valence-corrected chi connectivity index (χ2v) is 5.75. The van der Waals surface area contributed by atoms with Crippen molar-refractivity contribution in [2.24, 2.45) is 5.92 Å². The van der Waals surface area contributed by atoms with Gasteiger partial charge in [0.1, 0.15) is 11.6 Å². The summed E-state index contributed by atoms with van der Waals surface area (Å²) in [7, 11) is 0. The van der Waals surface area contributed by atoms with Crippen LogP contribution < -0.4 is 10.5 Å². The molecule has 0 fully saturated rings. The highest BCUT2D eigenvalue weighted by Crippen LogP contribution is 2.29. The van der Waals surface area contributed by atoms with Crippen LogP contribution in [0.3, 0.4) is 0 Å². The molecule has 2 rings (SSSR count). The van der Waals surface area contributed by atoms with Crippen molar-refractivity contribution in [3.05, 3.63) is 29.8 Å². The molecule has 0 amide bonds. The maximum absolute atomic E-state index is 5.97. The molecule has 0 saturated heterocycles. The van der Waals surface area contributed by atoms with Crippen LogP contribution in [0.4, 0.5) is 5.82 Å². The summed E-state index contributed by atoms with van der Waals surface area (Å²) in [6.07, 6.45) is 1.07. The Morgan fingerprint density at radius 2 is 2.00 bits per heavy atom. The summed E-state index contributed by atoms with van der Waals surface area (Å²) in [4.78, 5) is 0. The summed E-state index contributed by atoms with van der Waals surface area (Å²) in [5, 5.41) is 7.19. The number of hydrogen-bond acceptors (Lipinski definition) is 3. The largest absolute Gasteiger partial charge is 0.491 e. The minimum absolute atomic E-state index is 0.159. The fourth-order valence-electron chi connectivity index (χ4n) is 2.23. The van der Waals surface area contributed by atoms with Crippen molar-refractivity contribution in [1.82, 2.24) is 10.2 Å². The topological polar surface area (TPSA) is 63.9 Å². The number of H-pyrrole nitrogens is 1. The normalized spacial score (nSPS) is 11.3. The quantitative estimate of drug-likeness (QED) is 0.874. The summed E-state index contributed by atoms with van der Waals surface area (Å²) >= 11 is 0. The number of aromatic nitrogens is 2. The molecule has 0 aliphatic rings. The maximum atomic E-state index is 5.97. The van der Waals surface area contributed by atoms with Gasteiger partial charge in [-0.05, 0) is 38.3 Å². The van der Waals surface area contributed by atoms with Gasteiger partial charge in [-0.25, -0.2) is 0 Å². The zero-order valence-corrected chi connectivity index (χ0v) is 12.6. The van der Waals surface area contributed by atoms with Crippen LogP contribution in [0.2, 0.25) is 0 Å². The molecular formula is C16H23N3O. The lowest BCUT2D eigenvalue weighted by atomic mass is 9.99. The van der Waals surface area contributed by atoms with E-state index in [9.17, 15) is 0 Å².